The zero-order chi connectivity index (χ0) is 22.6. The number of anilines is 1. The number of hydrogen-bond donors (Lipinski definition) is 2. The molecule has 3 heterocycles. The highest BCUT2D eigenvalue weighted by molar-refractivity contribution is 7.21. The van der Waals surface area contributed by atoms with Crippen LogP contribution in [-0.2, 0) is 0 Å². The van der Waals surface area contributed by atoms with Crippen LogP contribution < -0.4 is 11.1 Å². The van der Waals surface area contributed by atoms with Crippen LogP contribution in [0.15, 0.2) is 47.8 Å². The molecule has 0 radical (unpaired) electrons. The first-order chi connectivity index (χ1) is 16.2. The largest absolute Gasteiger partial charge is 0.369 e. The summed E-state index contributed by atoms with van der Waals surface area (Å²) in [6, 6.07) is 14.4. The average molecular weight is 495 g/mol. The number of nitrogens with two attached hydrogens (primary N) is 1. The van der Waals surface area contributed by atoms with Gasteiger partial charge in [0.05, 0.1) is 5.52 Å². The van der Waals surface area contributed by atoms with E-state index >= 15 is 0 Å². The van der Waals surface area contributed by atoms with Gasteiger partial charge in [0.25, 0.3) is 0 Å². The number of halogens is 1. The summed E-state index contributed by atoms with van der Waals surface area (Å²) >= 11 is 9.83. The van der Waals surface area contributed by atoms with Crippen molar-refractivity contribution in [2.24, 2.45) is 17.6 Å². The number of aromatic nitrogens is 2. The van der Waals surface area contributed by atoms with Crippen LogP contribution in [0.25, 0.3) is 32.8 Å². The summed E-state index contributed by atoms with van der Waals surface area (Å²) in [5, 5.41) is 7.37. The average Bonchev–Trinajstić information content (AvgIpc) is 3.54. The lowest BCUT2D eigenvalue weighted by Crippen LogP contribution is -2.26. The lowest BCUT2D eigenvalue weighted by Gasteiger charge is -2.28. The fourth-order valence-electron chi connectivity index (χ4n) is 4.52. The molecular weight excluding hydrogens is 468 g/mol. The van der Waals surface area contributed by atoms with Crippen molar-refractivity contribution in [2.75, 3.05) is 18.4 Å². The van der Waals surface area contributed by atoms with Gasteiger partial charge in [0.2, 0.25) is 0 Å². The smallest absolute Gasteiger partial charge is 0.155 e. The summed E-state index contributed by atoms with van der Waals surface area (Å²) in [6.45, 7) is 1.68. The zero-order valence-corrected chi connectivity index (χ0v) is 20.7. The summed E-state index contributed by atoms with van der Waals surface area (Å²) in [7, 11) is 0. The molecule has 1 aromatic carbocycles. The predicted molar refractivity (Wildman–Crippen MR) is 144 cm³/mol. The van der Waals surface area contributed by atoms with Crippen molar-refractivity contribution < 1.29 is 0 Å². The Morgan fingerprint density at radius 3 is 2.82 bits per heavy atom. The van der Waals surface area contributed by atoms with Crippen molar-refractivity contribution in [3.63, 3.8) is 0 Å². The van der Waals surface area contributed by atoms with Crippen molar-refractivity contribution in [1.82, 2.24) is 9.97 Å². The maximum atomic E-state index is 6.29. The Labute approximate surface area is 207 Å². The van der Waals surface area contributed by atoms with Gasteiger partial charge >= 0.3 is 0 Å². The number of thiophene rings is 2. The monoisotopic (exact) mass is 494 g/mol. The lowest BCUT2D eigenvalue weighted by molar-refractivity contribution is 0.281. The van der Waals surface area contributed by atoms with Crippen LogP contribution in [0.1, 0.15) is 36.4 Å². The third-order valence-electron chi connectivity index (χ3n) is 6.25. The Morgan fingerprint density at radius 1 is 1.06 bits per heavy atom. The molecular formula is C26H27ClN4S2. The summed E-state index contributed by atoms with van der Waals surface area (Å²) in [4.78, 5) is 13.4. The minimum absolute atomic E-state index is 0.622. The van der Waals surface area contributed by atoms with Gasteiger partial charge in [-0.15, -0.1) is 22.7 Å². The van der Waals surface area contributed by atoms with Gasteiger partial charge in [0.1, 0.15) is 5.82 Å². The van der Waals surface area contributed by atoms with Crippen molar-refractivity contribution in [1.29, 1.82) is 0 Å². The van der Waals surface area contributed by atoms with Crippen LogP contribution in [0.4, 0.5) is 5.82 Å². The van der Waals surface area contributed by atoms with Gasteiger partial charge in [-0.05, 0) is 91.6 Å². The Bertz CT molecular complexity index is 1250. The maximum absolute atomic E-state index is 6.29. The predicted octanol–water partition coefficient (Wildman–Crippen LogP) is 7.42. The molecule has 0 amide bonds. The van der Waals surface area contributed by atoms with Crippen LogP contribution in [0.5, 0.6) is 0 Å². The molecule has 5 rings (SSSR count). The van der Waals surface area contributed by atoms with Crippen LogP contribution in [0.2, 0.25) is 5.02 Å². The number of nitrogens with zero attached hydrogens (tertiary/aromatic N) is 2. The molecule has 7 heteroatoms. The number of nitrogens with one attached hydrogen (secondary N) is 1. The van der Waals surface area contributed by atoms with E-state index in [-0.39, 0.29) is 0 Å². The van der Waals surface area contributed by atoms with Gasteiger partial charge in [-0.3, -0.25) is 0 Å². The third kappa shape index (κ3) is 5.46. The highest BCUT2D eigenvalue weighted by atomic mass is 35.5. The normalized spacial score (nSPS) is 18.8. The first-order valence-electron chi connectivity index (χ1n) is 11.4. The van der Waals surface area contributed by atoms with E-state index in [2.05, 4.69) is 41.0 Å². The molecule has 3 aromatic heterocycles. The van der Waals surface area contributed by atoms with Gasteiger partial charge in [0.15, 0.2) is 5.82 Å². The Morgan fingerprint density at radius 2 is 1.97 bits per heavy atom. The molecule has 4 nitrogen and oxygen atoms in total. The quantitative estimate of drug-likeness (QED) is 0.280. The standard InChI is InChI=1S/C26H27ClN4S2/c27-19-6-9-22-21(14-19)26(29-16-18-4-1-3-17(13-18)15-28)31-25(30-22)11-8-20-7-10-24(33-20)23-5-2-12-32-23/h2,5-12,14,17-18H,1,3-4,13,15-16,28H2,(H,29,30,31)/b11-8+. The SMILES string of the molecule is NCC1CCCC(CNc2nc(/C=C/c3ccc(-c4cccs4)s3)nc3ccc(Cl)cc23)C1. The summed E-state index contributed by atoms with van der Waals surface area (Å²) < 4.78 is 0. The second-order valence-corrected chi connectivity index (χ2v) is 11.1. The molecule has 1 fully saturated rings. The highest BCUT2D eigenvalue weighted by Gasteiger charge is 2.21. The maximum Gasteiger partial charge on any atom is 0.155 e. The van der Waals surface area contributed by atoms with E-state index in [9.17, 15) is 0 Å². The topological polar surface area (TPSA) is 63.8 Å². The molecule has 2 unspecified atom stereocenters. The zero-order valence-electron chi connectivity index (χ0n) is 18.3. The highest BCUT2D eigenvalue weighted by Crippen LogP contribution is 2.33. The molecule has 1 aliphatic carbocycles. The van der Waals surface area contributed by atoms with E-state index in [4.69, 9.17) is 27.3 Å². The number of fused-ring (bicyclic) bond motifs is 1. The van der Waals surface area contributed by atoms with E-state index in [0.29, 0.717) is 22.7 Å². The minimum Gasteiger partial charge on any atom is -0.369 e. The first-order valence-corrected chi connectivity index (χ1v) is 13.5. The summed E-state index contributed by atoms with van der Waals surface area (Å²) in [6.07, 6.45) is 9.03. The molecule has 0 aliphatic heterocycles. The van der Waals surface area contributed by atoms with Gasteiger partial charge < -0.3 is 11.1 Å². The van der Waals surface area contributed by atoms with E-state index in [1.54, 1.807) is 22.7 Å². The van der Waals surface area contributed by atoms with Gasteiger partial charge in [-0.2, -0.15) is 0 Å². The fourth-order valence-corrected chi connectivity index (χ4v) is 6.44. The van der Waals surface area contributed by atoms with Crippen LogP contribution in [0.3, 0.4) is 0 Å². The van der Waals surface area contributed by atoms with Crippen molar-refractivity contribution in [3.8, 4) is 9.75 Å². The Hall–Kier alpha value is -2.25. The van der Waals surface area contributed by atoms with Gasteiger partial charge in [-0.25, -0.2) is 9.97 Å². The van der Waals surface area contributed by atoms with Gasteiger partial charge in [0, 0.05) is 31.6 Å². The second kappa shape index (κ2) is 10.3. The summed E-state index contributed by atoms with van der Waals surface area (Å²) in [5.74, 6) is 2.81. The van der Waals surface area contributed by atoms with Crippen LogP contribution in [0, 0.1) is 11.8 Å². The summed E-state index contributed by atoms with van der Waals surface area (Å²) in [5.41, 5.74) is 6.83. The number of rotatable bonds is 7. The number of hydrogen-bond acceptors (Lipinski definition) is 6. The molecule has 0 bridgehead atoms. The lowest BCUT2D eigenvalue weighted by atomic mass is 9.81. The van der Waals surface area contributed by atoms with Crippen molar-refractivity contribution in [2.45, 2.75) is 25.7 Å². The third-order valence-corrected chi connectivity index (χ3v) is 8.60. The second-order valence-electron chi connectivity index (χ2n) is 8.62. The molecule has 0 saturated heterocycles. The molecule has 4 aromatic rings. The molecule has 170 valence electrons. The van der Waals surface area contributed by atoms with Crippen molar-refractivity contribution in [3.05, 3.63) is 63.6 Å². The van der Waals surface area contributed by atoms with Gasteiger partial charge in [-0.1, -0.05) is 24.1 Å². The minimum atomic E-state index is 0.622. The molecule has 0 spiro atoms. The van der Waals surface area contributed by atoms with E-state index in [1.807, 2.05) is 24.3 Å². The Kier molecular flexibility index (Phi) is 7.07. The molecule has 3 N–H and O–H groups in total. The van der Waals surface area contributed by atoms with E-state index in [0.717, 1.165) is 29.8 Å². The van der Waals surface area contributed by atoms with Crippen LogP contribution >= 0.6 is 34.3 Å². The van der Waals surface area contributed by atoms with E-state index < -0.39 is 0 Å². The molecule has 1 saturated carbocycles. The fraction of sp³-hybridized carbons (Fsp3) is 0.308. The Balaban J connectivity index is 1.38. The van der Waals surface area contributed by atoms with E-state index in [1.165, 1.54) is 40.3 Å². The van der Waals surface area contributed by atoms with Crippen molar-refractivity contribution >= 4 is 63.1 Å². The molecule has 1 aliphatic rings. The molecule has 33 heavy (non-hydrogen) atoms. The first kappa shape index (κ1) is 22.5. The number of benzene rings is 1. The van der Waals surface area contributed by atoms with Crippen LogP contribution in [-0.4, -0.2) is 23.1 Å². The molecule has 2 atom stereocenters.